The average molecular weight is 396 g/mol. The molecule has 8 heteroatoms. The van der Waals surface area contributed by atoms with Crippen molar-refractivity contribution in [1.82, 2.24) is 0 Å². The molecule has 0 radical (unpaired) electrons. The maximum Gasteiger partial charge on any atom is 0.272 e. The molecule has 0 bridgehead atoms. The fourth-order valence-electron chi connectivity index (χ4n) is 2.52. The van der Waals surface area contributed by atoms with Crippen LogP contribution in [0.3, 0.4) is 0 Å². The van der Waals surface area contributed by atoms with Crippen molar-refractivity contribution in [3.05, 3.63) is 69.6 Å². The van der Waals surface area contributed by atoms with Gasteiger partial charge in [0.2, 0.25) is 0 Å². The molecule has 0 saturated heterocycles. The van der Waals surface area contributed by atoms with Gasteiger partial charge >= 0.3 is 0 Å². The highest BCUT2D eigenvalue weighted by molar-refractivity contribution is 8.04. The minimum Gasteiger partial charge on any atom is -0.396 e. The summed E-state index contributed by atoms with van der Waals surface area (Å²) in [5.74, 6) is -3.33. The number of anilines is 1. The van der Waals surface area contributed by atoms with Gasteiger partial charge in [-0.25, -0.2) is 13.7 Å². The lowest BCUT2D eigenvalue weighted by Gasteiger charge is -2.15. The van der Waals surface area contributed by atoms with E-state index < -0.39 is 23.4 Å². The van der Waals surface area contributed by atoms with Crippen LogP contribution >= 0.6 is 23.4 Å². The molecule has 0 aromatic heterocycles. The number of rotatable bonds is 5. The van der Waals surface area contributed by atoms with E-state index in [4.69, 9.17) is 16.7 Å². The second-order valence-electron chi connectivity index (χ2n) is 5.33. The van der Waals surface area contributed by atoms with Gasteiger partial charge in [0.25, 0.3) is 11.8 Å². The summed E-state index contributed by atoms with van der Waals surface area (Å²) in [6, 6.07) is 9.16. The fourth-order valence-corrected chi connectivity index (χ4v) is 3.51. The zero-order valence-electron chi connectivity index (χ0n) is 13.2. The van der Waals surface area contributed by atoms with Crippen molar-refractivity contribution < 1.29 is 23.5 Å². The number of hydrogen-bond donors (Lipinski definition) is 1. The lowest BCUT2D eigenvalue weighted by atomic mass is 10.1. The number of nitrogens with zero attached hydrogens (tertiary/aromatic N) is 1. The molecule has 134 valence electrons. The van der Waals surface area contributed by atoms with Gasteiger partial charge in [-0.2, -0.15) is 0 Å². The van der Waals surface area contributed by atoms with Crippen LogP contribution in [0.4, 0.5) is 14.5 Å². The third-order valence-electron chi connectivity index (χ3n) is 3.67. The summed E-state index contributed by atoms with van der Waals surface area (Å²) in [5, 5.41) is 9.53. The van der Waals surface area contributed by atoms with E-state index in [0.717, 1.165) is 34.9 Å². The van der Waals surface area contributed by atoms with Gasteiger partial charge in [0.1, 0.15) is 0 Å². The van der Waals surface area contributed by atoms with Crippen molar-refractivity contribution in [2.75, 3.05) is 17.3 Å². The van der Waals surface area contributed by atoms with Crippen molar-refractivity contribution >= 4 is 46.4 Å². The van der Waals surface area contributed by atoms with Gasteiger partial charge in [0.05, 0.1) is 22.8 Å². The summed E-state index contributed by atoms with van der Waals surface area (Å²) in [6.07, 6.45) is 0. The summed E-state index contributed by atoms with van der Waals surface area (Å²) in [4.78, 5) is 26.6. The molecular weight excluding hydrogens is 384 g/mol. The van der Waals surface area contributed by atoms with Crippen LogP contribution in [0.25, 0.3) is 5.57 Å². The number of carbonyl (C=O) groups is 2. The number of benzene rings is 2. The normalized spacial score (nSPS) is 14.5. The molecule has 0 aliphatic carbocycles. The zero-order chi connectivity index (χ0) is 18.8. The number of carbonyl (C=O) groups excluding carboxylic acids is 2. The summed E-state index contributed by atoms with van der Waals surface area (Å²) in [7, 11) is 0. The molecule has 1 N–H and O–H groups in total. The van der Waals surface area contributed by atoms with Gasteiger partial charge in [-0.3, -0.25) is 9.59 Å². The molecule has 2 amide bonds. The van der Waals surface area contributed by atoms with Gasteiger partial charge in [-0.1, -0.05) is 23.7 Å². The van der Waals surface area contributed by atoms with E-state index in [0.29, 0.717) is 10.6 Å². The van der Waals surface area contributed by atoms with Gasteiger partial charge in [0, 0.05) is 16.8 Å². The van der Waals surface area contributed by atoms with E-state index in [1.54, 1.807) is 24.3 Å². The predicted molar refractivity (Wildman–Crippen MR) is 96.8 cm³/mol. The summed E-state index contributed by atoms with van der Waals surface area (Å²) in [5.41, 5.74) is 0.540. The van der Waals surface area contributed by atoms with Crippen LogP contribution in [-0.2, 0) is 9.59 Å². The maximum atomic E-state index is 13.6. The molecule has 0 atom stereocenters. The second kappa shape index (κ2) is 7.57. The Hall–Kier alpha value is -2.22. The van der Waals surface area contributed by atoms with Crippen molar-refractivity contribution in [3.8, 4) is 0 Å². The van der Waals surface area contributed by atoms with Crippen LogP contribution in [-0.4, -0.2) is 29.3 Å². The molecule has 1 heterocycles. The van der Waals surface area contributed by atoms with Gasteiger partial charge in [-0.05, 0) is 29.8 Å². The Morgan fingerprint density at radius 2 is 1.69 bits per heavy atom. The Morgan fingerprint density at radius 3 is 2.31 bits per heavy atom. The van der Waals surface area contributed by atoms with Gasteiger partial charge < -0.3 is 5.11 Å². The first kappa shape index (κ1) is 18.6. The van der Waals surface area contributed by atoms with Crippen LogP contribution in [0.2, 0.25) is 5.02 Å². The van der Waals surface area contributed by atoms with Crippen LogP contribution in [0.5, 0.6) is 0 Å². The molecule has 1 aliphatic rings. The Morgan fingerprint density at radius 1 is 1.00 bits per heavy atom. The Bertz CT molecular complexity index is 915. The summed E-state index contributed by atoms with van der Waals surface area (Å²) in [6.45, 7) is -0.186. The molecule has 1 aliphatic heterocycles. The molecule has 0 saturated carbocycles. The Labute approximate surface area is 157 Å². The van der Waals surface area contributed by atoms with E-state index in [1.807, 2.05) is 0 Å². The molecule has 26 heavy (non-hydrogen) atoms. The highest BCUT2D eigenvalue weighted by Crippen LogP contribution is 2.38. The molecule has 0 spiro atoms. The highest BCUT2D eigenvalue weighted by atomic mass is 35.5. The molecule has 4 nitrogen and oxygen atoms in total. The average Bonchev–Trinajstić information content (AvgIpc) is 2.86. The molecular formula is C18H12ClF2NO3S. The topological polar surface area (TPSA) is 57.6 Å². The SMILES string of the molecule is O=C1C(SCCO)=C(c2ccc(Cl)cc2)C(=O)N1c1ccc(F)c(F)c1. The van der Waals surface area contributed by atoms with Crippen LogP contribution in [0, 0.1) is 11.6 Å². The quantitative estimate of drug-likeness (QED) is 0.785. The Balaban J connectivity index is 2.07. The van der Waals surface area contributed by atoms with E-state index in [-0.39, 0.29) is 28.5 Å². The van der Waals surface area contributed by atoms with E-state index in [9.17, 15) is 18.4 Å². The number of thioether (sulfide) groups is 1. The van der Waals surface area contributed by atoms with E-state index in [1.165, 1.54) is 0 Å². The highest BCUT2D eigenvalue weighted by Gasteiger charge is 2.40. The first-order valence-electron chi connectivity index (χ1n) is 7.51. The first-order chi connectivity index (χ1) is 12.4. The van der Waals surface area contributed by atoms with Crippen molar-refractivity contribution in [3.63, 3.8) is 0 Å². The summed E-state index contributed by atoms with van der Waals surface area (Å²) >= 11 is 6.89. The van der Waals surface area contributed by atoms with Crippen LogP contribution in [0.1, 0.15) is 5.56 Å². The van der Waals surface area contributed by atoms with Crippen molar-refractivity contribution in [2.45, 2.75) is 0 Å². The first-order valence-corrected chi connectivity index (χ1v) is 8.88. The monoisotopic (exact) mass is 395 g/mol. The molecule has 0 unspecified atom stereocenters. The second-order valence-corrected chi connectivity index (χ2v) is 6.87. The minimum absolute atomic E-state index is 0.0649. The smallest absolute Gasteiger partial charge is 0.272 e. The third-order valence-corrected chi connectivity index (χ3v) is 4.98. The fraction of sp³-hybridized carbons (Fsp3) is 0.111. The number of halogens is 3. The largest absolute Gasteiger partial charge is 0.396 e. The molecule has 2 aromatic rings. The predicted octanol–water partition coefficient (Wildman–Crippen LogP) is 3.63. The lowest BCUT2D eigenvalue weighted by molar-refractivity contribution is -0.119. The number of imide groups is 1. The zero-order valence-corrected chi connectivity index (χ0v) is 14.8. The number of aliphatic hydroxyl groups excluding tert-OH is 1. The maximum absolute atomic E-state index is 13.6. The van der Waals surface area contributed by atoms with Crippen LogP contribution < -0.4 is 4.90 Å². The van der Waals surface area contributed by atoms with Crippen molar-refractivity contribution in [1.29, 1.82) is 0 Å². The number of amides is 2. The number of aliphatic hydroxyl groups is 1. The summed E-state index contributed by atoms with van der Waals surface area (Å²) < 4.78 is 26.7. The standard InChI is InChI=1S/C18H12ClF2NO3S/c19-11-3-1-10(2-4-11)15-16(26-8-7-23)18(25)22(17(15)24)12-5-6-13(20)14(21)9-12/h1-6,9,23H,7-8H2. The molecule has 0 fully saturated rings. The molecule has 2 aromatic carbocycles. The van der Waals surface area contributed by atoms with Gasteiger partial charge in [-0.15, -0.1) is 11.8 Å². The minimum atomic E-state index is -1.16. The lowest BCUT2D eigenvalue weighted by Crippen LogP contribution is -2.31. The van der Waals surface area contributed by atoms with Crippen molar-refractivity contribution in [2.24, 2.45) is 0 Å². The van der Waals surface area contributed by atoms with Gasteiger partial charge in [0.15, 0.2) is 11.6 Å². The van der Waals surface area contributed by atoms with E-state index >= 15 is 0 Å². The van der Waals surface area contributed by atoms with E-state index in [2.05, 4.69) is 0 Å². The number of hydrogen-bond acceptors (Lipinski definition) is 4. The van der Waals surface area contributed by atoms with Crippen LogP contribution in [0.15, 0.2) is 47.4 Å². The third kappa shape index (κ3) is 3.38. The molecule has 3 rings (SSSR count). The Kier molecular flexibility index (Phi) is 5.41.